The predicted octanol–water partition coefficient (Wildman–Crippen LogP) is 5.20. The van der Waals surface area contributed by atoms with Gasteiger partial charge in [0.15, 0.2) is 0 Å². The Labute approximate surface area is 102 Å². The molecule has 0 nitrogen and oxygen atoms in total. The predicted molar refractivity (Wildman–Crippen MR) is 66.6 cm³/mol. The third-order valence-electron chi connectivity index (χ3n) is 3.52. The second-order valence-corrected chi connectivity index (χ2v) is 5.65. The van der Waals surface area contributed by atoms with Gasteiger partial charge >= 0.3 is 0 Å². The molecule has 1 atom stereocenters. The van der Waals surface area contributed by atoms with Crippen molar-refractivity contribution in [3.8, 4) is 0 Å². The van der Waals surface area contributed by atoms with E-state index in [0.717, 1.165) is 5.02 Å². The van der Waals surface area contributed by atoms with E-state index in [0.29, 0.717) is 0 Å². The highest BCUT2D eigenvalue weighted by atomic mass is 35.5. The van der Waals surface area contributed by atoms with E-state index in [1.54, 1.807) is 0 Å². The first-order valence-electron chi connectivity index (χ1n) is 5.51. The lowest BCUT2D eigenvalue weighted by atomic mass is 9.81. The van der Waals surface area contributed by atoms with Gasteiger partial charge in [-0.3, -0.25) is 0 Å². The maximum absolute atomic E-state index is 6.56. The Bertz CT molecular complexity index is 323. The van der Waals surface area contributed by atoms with Gasteiger partial charge in [-0.05, 0) is 36.0 Å². The van der Waals surface area contributed by atoms with Crippen molar-refractivity contribution in [3.63, 3.8) is 0 Å². The van der Waals surface area contributed by atoms with Crippen LogP contribution in [0.25, 0.3) is 0 Å². The van der Waals surface area contributed by atoms with Gasteiger partial charge in [-0.2, -0.15) is 0 Å². The third-order valence-corrected chi connectivity index (χ3v) is 4.55. The van der Waals surface area contributed by atoms with Crippen LogP contribution in [0.2, 0.25) is 5.02 Å². The van der Waals surface area contributed by atoms with Gasteiger partial charge in [0.05, 0.1) is 5.38 Å². The van der Waals surface area contributed by atoms with E-state index < -0.39 is 0 Å². The van der Waals surface area contributed by atoms with Crippen molar-refractivity contribution in [3.05, 3.63) is 34.9 Å². The van der Waals surface area contributed by atoms with Crippen LogP contribution in [0.15, 0.2) is 24.3 Å². The highest BCUT2D eigenvalue weighted by Gasteiger charge is 2.36. The van der Waals surface area contributed by atoms with Gasteiger partial charge in [0.1, 0.15) is 0 Å². The van der Waals surface area contributed by atoms with Crippen LogP contribution in [-0.4, -0.2) is 0 Å². The van der Waals surface area contributed by atoms with E-state index >= 15 is 0 Å². The Balaban J connectivity index is 2.19. The summed E-state index contributed by atoms with van der Waals surface area (Å²) >= 11 is 12.4. The van der Waals surface area contributed by atoms with Crippen LogP contribution < -0.4 is 0 Å². The molecule has 1 aliphatic carbocycles. The minimum atomic E-state index is 0.122. The second-order valence-electron chi connectivity index (χ2n) is 4.78. The molecule has 0 radical (unpaired) electrons. The zero-order chi connectivity index (χ0) is 10.9. The highest BCUT2D eigenvalue weighted by molar-refractivity contribution is 6.30. The quantitative estimate of drug-likeness (QED) is 0.626. The molecule has 0 aromatic heterocycles. The Hall–Kier alpha value is -0.200. The molecule has 0 aliphatic heterocycles. The summed E-state index contributed by atoms with van der Waals surface area (Å²) in [5.41, 5.74) is 1.47. The van der Waals surface area contributed by atoms with Gasteiger partial charge in [-0.25, -0.2) is 0 Å². The Morgan fingerprint density at radius 1 is 1.13 bits per heavy atom. The fraction of sp³-hybridized carbons (Fsp3) is 0.538. The van der Waals surface area contributed by atoms with E-state index in [1.807, 2.05) is 24.3 Å². The SMILES string of the molecule is CC1(C(Cl)c2ccc(Cl)cc2)CCCC1. The van der Waals surface area contributed by atoms with Crippen molar-refractivity contribution in [1.82, 2.24) is 0 Å². The monoisotopic (exact) mass is 242 g/mol. The van der Waals surface area contributed by atoms with Crippen LogP contribution in [0, 0.1) is 5.41 Å². The summed E-state index contributed by atoms with van der Waals surface area (Å²) in [6.07, 6.45) is 5.11. The lowest BCUT2D eigenvalue weighted by Crippen LogP contribution is -2.17. The lowest BCUT2D eigenvalue weighted by molar-refractivity contribution is 0.322. The summed E-state index contributed by atoms with van der Waals surface area (Å²) in [7, 11) is 0. The van der Waals surface area contributed by atoms with E-state index in [-0.39, 0.29) is 10.8 Å². The lowest BCUT2D eigenvalue weighted by Gasteiger charge is -2.29. The van der Waals surface area contributed by atoms with Crippen LogP contribution in [-0.2, 0) is 0 Å². The molecule has 2 heteroatoms. The zero-order valence-electron chi connectivity index (χ0n) is 8.97. The summed E-state index contributed by atoms with van der Waals surface area (Å²) < 4.78 is 0. The van der Waals surface area contributed by atoms with Gasteiger partial charge in [0.25, 0.3) is 0 Å². The standard InChI is InChI=1S/C13H16Cl2/c1-13(8-2-3-9-13)12(15)10-4-6-11(14)7-5-10/h4-7,12H,2-3,8-9H2,1H3. The van der Waals surface area contributed by atoms with E-state index in [4.69, 9.17) is 23.2 Å². The van der Waals surface area contributed by atoms with Crippen molar-refractivity contribution >= 4 is 23.2 Å². The van der Waals surface area contributed by atoms with Gasteiger partial charge < -0.3 is 0 Å². The minimum Gasteiger partial charge on any atom is -0.117 e. The van der Waals surface area contributed by atoms with Crippen molar-refractivity contribution in [1.29, 1.82) is 0 Å². The van der Waals surface area contributed by atoms with Crippen molar-refractivity contribution in [2.24, 2.45) is 5.41 Å². The molecular weight excluding hydrogens is 227 g/mol. The van der Waals surface area contributed by atoms with Crippen LogP contribution in [0.4, 0.5) is 0 Å². The molecule has 15 heavy (non-hydrogen) atoms. The molecule has 1 aromatic carbocycles. The molecular formula is C13H16Cl2. The normalized spacial score (nSPS) is 21.5. The zero-order valence-corrected chi connectivity index (χ0v) is 10.5. The first kappa shape index (κ1) is 11.3. The molecule has 1 aliphatic rings. The molecule has 0 N–H and O–H groups in total. The highest BCUT2D eigenvalue weighted by Crippen LogP contribution is 2.50. The summed E-state index contributed by atoms with van der Waals surface area (Å²) in [5, 5.41) is 0.899. The minimum absolute atomic E-state index is 0.122. The summed E-state index contributed by atoms with van der Waals surface area (Å²) in [4.78, 5) is 0. The molecule has 2 rings (SSSR count). The molecule has 1 fully saturated rings. The van der Waals surface area contributed by atoms with Gasteiger partial charge in [-0.1, -0.05) is 43.5 Å². The smallest absolute Gasteiger partial charge is 0.0638 e. The van der Waals surface area contributed by atoms with Crippen molar-refractivity contribution in [2.45, 2.75) is 38.0 Å². The largest absolute Gasteiger partial charge is 0.117 e. The molecule has 0 amide bonds. The Morgan fingerprint density at radius 2 is 1.67 bits per heavy atom. The molecule has 1 unspecified atom stereocenters. The van der Waals surface area contributed by atoms with Gasteiger partial charge in [-0.15, -0.1) is 11.6 Å². The number of hydrogen-bond acceptors (Lipinski definition) is 0. The number of halogens is 2. The topological polar surface area (TPSA) is 0 Å². The fourth-order valence-corrected chi connectivity index (χ4v) is 2.96. The molecule has 82 valence electrons. The molecule has 0 bridgehead atoms. The average Bonchev–Trinajstić information content (AvgIpc) is 2.67. The molecule has 0 saturated heterocycles. The van der Waals surface area contributed by atoms with E-state index in [2.05, 4.69) is 6.92 Å². The summed E-state index contributed by atoms with van der Waals surface area (Å²) in [6, 6.07) is 7.93. The Morgan fingerprint density at radius 3 is 2.20 bits per heavy atom. The molecule has 1 saturated carbocycles. The van der Waals surface area contributed by atoms with Crippen molar-refractivity contribution in [2.75, 3.05) is 0 Å². The number of alkyl halides is 1. The number of rotatable bonds is 2. The van der Waals surface area contributed by atoms with E-state index in [9.17, 15) is 0 Å². The first-order chi connectivity index (χ1) is 7.12. The maximum atomic E-state index is 6.56. The average molecular weight is 243 g/mol. The van der Waals surface area contributed by atoms with Gasteiger partial charge in [0.2, 0.25) is 0 Å². The van der Waals surface area contributed by atoms with Crippen LogP contribution in [0.1, 0.15) is 43.5 Å². The van der Waals surface area contributed by atoms with Crippen molar-refractivity contribution < 1.29 is 0 Å². The molecule has 0 heterocycles. The third kappa shape index (κ3) is 2.32. The fourth-order valence-electron chi connectivity index (χ4n) is 2.47. The molecule has 0 spiro atoms. The first-order valence-corrected chi connectivity index (χ1v) is 6.33. The maximum Gasteiger partial charge on any atom is 0.0638 e. The van der Waals surface area contributed by atoms with Gasteiger partial charge in [0, 0.05) is 5.02 Å². The summed E-state index contributed by atoms with van der Waals surface area (Å²) in [5.74, 6) is 0. The molecule has 1 aromatic rings. The second kappa shape index (κ2) is 4.35. The summed E-state index contributed by atoms with van der Waals surface area (Å²) in [6.45, 7) is 2.30. The Kier molecular flexibility index (Phi) is 3.27. The van der Waals surface area contributed by atoms with Crippen LogP contribution >= 0.6 is 23.2 Å². The van der Waals surface area contributed by atoms with E-state index in [1.165, 1.54) is 31.2 Å². The number of hydrogen-bond donors (Lipinski definition) is 0. The van der Waals surface area contributed by atoms with Crippen LogP contribution in [0.3, 0.4) is 0 Å². The number of benzene rings is 1. The van der Waals surface area contributed by atoms with Crippen LogP contribution in [0.5, 0.6) is 0 Å².